The number of furan rings is 1. The Labute approximate surface area is 119 Å². The van der Waals surface area contributed by atoms with Gasteiger partial charge in [-0.3, -0.25) is 0 Å². The van der Waals surface area contributed by atoms with Crippen LogP contribution in [0, 0.1) is 0 Å². The highest BCUT2D eigenvalue weighted by Gasteiger charge is 2.54. The van der Waals surface area contributed by atoms with E-state index < -0.39 is 30.7 Å². The predicted molar refractivity (Wildman–Crippen MR) is 67.6 cm³/mol. The highest BCUT2D eigenvalue weighted by atomic mass is 19.4. The van der Waals surface area contributed by atoms with Crippen LogP contribution in [-0.2, 0) is 6.42 Å². The molecule has 1 aliphatic heterocycles. The summed E-state index contributed by atoms with van der Waals surface area (Å²) >= 11 is 0. The molecular weight excluding hydrogens is 289 g/mol. The molecule has 5 nitrogen and oxygen atoms in total. The van der Waals surface area contributed by atoms with E-state index in [1.54, 1.807) is 12.1 Å². The number of carbonyl (C=O) groups is 1. The minimum atomic E-state index is -4.66. The molecule has 0 aliphatic carbocycles. The van der Waals surface area contributed by atoms with E-state index in [0.717, 1.165) is 5.76 Å². The molecule has 0 saturated carbocycles. The fraction of sp³-hybridized carbons (Fsp3) is 0.615. The fourth-order valence-electron chi connectivity index (χ4n) is 2.22. The first-order valence-corrected chi connectivity index (χ1v) is 6.66. The minimum Gasteiger partial charge on any atom is -0.469 e. The summed E-state index contributed by atoms with van der Waals surface area (Å²) in [6.45, 7) is 0.0948. The number of carbonyl (C=O) groups excluding carboxylic acids is 1. The van der Waals surface area contributed by atoms with Crippen molar-refractivity contribution in [3.63, 3.8) is 0 Å². The van der Waals surface area contributed by atoms with Crippen LogP contribution in [0.15, 0.2) is 22.8 Å². The van der Waals surface area contributed by atoms with Crippen LogP contribution >= 0.6 is 0 Å². The lowest BCUT2D eigenvalue weighted by Crippen LogP contribution is -2.55. The molecule has 0 bridgehead atoms. The second-order valence-corrected chi connectivity index (χ2v) is 5.08. The van der Waals surface area contributed by atoms with Gasteiger partial charge in [0.25, 0.3) is 0 Å². The number of aliphatic hydroxyl groups is 1. The van der Waals surface area contributed by atoms with Gasteiger partial charge in [-0.25, -0.2) is 4.79 Å². The topological polar surface area (TPSA) is 65.7 Å². The second-order valence-electron chi connectivity index (χ2n) is 5.08. The first kappa shape index (κ1) is 15.7. The lowest BCUT2D eigenvalue weighted by atomic mass is 9.91. The zero-order valence-corrected chi connectivity index (χ0v) is 11.3. The number of alkyl halides is 3. The Morgan fingerprint density at radius 1 is 1.43 bits per heavy atom. The van der Waals surface area contributed by atoms with E-state index in [1.165, 1.54) is 11.2 Å². The molecule has 2 rings (SSSR count). The molecule has 8 heteroatoms. The largest absolute Gasteiger partial charge is 0.469 e. The van der Waals surface area contributed by atoms with Gasteiger partial charge in [0.05, 0.1) is 6.26 Å². The SMILES string of the molecule is O=C(NCCc1ccco1)N1CCC(O)(C(F)(F)F)CC1. The minimum absolute atomic E-state index is 0.122. The van der Waals surface area contributed by atoms with Crippen LogP contribution in [-0.4, -0.2) is 47.4 Å². The summed E-state index contributed by atoms with van der Waals surface area (Å²) in [5.74, 6) is 0.723. The van der Waals surface area contributed by atoms with Gasteiger partial charge in [-0.05, 0) is 12.1 Å². The van der Waals surface area contributed by atoms with Crippen molar-refractivity contribution < 1.29 is 27.5 Å². The second kappa shape index (κ2) is 5.97. The Morgan fingerprint density at radius 3 is 2.62 bits per heavy atom. The maximum Gasteiger partial charge on any atom is 0.417 e. The number of halogens is 3. The molecule has 0 atom stereocenters. The highest BCUT2D eigenvalue weighted by Crippen LogP contribution is 2.38. The van der Waals surface area contributed by atoms with Crippen molar-refractivity contribution in [3.05, 3.63) is 24.2 Å². The number of urea groups is 1. The molecule has 118 valence electrons. The van der Waals surface area contributed by atoms with E-state index in [0.29, 0.717) is 13.0 Å². The van der Waals surface area contributed by atoms with Gasteiger partial charge in [-0.1, -0.05) is 0 Å². The maximum absolute atomic E-state index is 12.6. The van der Waals surface area contributed by atoms with Gasteiger partial charge in [-0.15, -0.1) is 0 Å². The number of amides is 2. The summed E-state index contributed by atoms with van der Waals surface area (Å²) in [6, 6.07) is 3.08. The summed E-state index contributed by atoms with van der Waals surface area (Å²) in [7, 11) is 0. The highest BCUT2D eigenvalue weighted by molar-refractivity contribution is 5.74. The fourth-order valence-corrected chi connectivity index (χ4v) is 2.22. The number of nitrogens with one attached hydrogen (secondary N) is 1. The normalized spacial score (nSPS) is 18.6. The number of likely N-dealkylation sites (tertiary alicyclic amines) is 1. The molecule has 21 heavy (non-hydrogen) atoms. The van der Waals surface area contributed by atoms with Crippen LogP contribution in [0.5, 0.6) is 0 Å². The van der Waals surface area contributed by atoms with Gasteiger partial charge in [0.15, 0.2) is 5.60 Å². The van der Waals surface area contributed by atoms with Crippen molar-refractivity contribution in [2.45, 2.75) is 31.0 Å². The lowest BCUT2D eigenvalue weighted by molar-refractivity contribution is -0.271. The Morgan fingerprint density at radius 2 is 2.10 bits per heavy atom. The molecule has 1 fully saturated rings. The Hall–Kier alpha value is -1.70. The molecule has 1 aliphatic rings. The molecule has 0 aromatic carbocycles. The van der Waals surface area contributed by atoms with E-state index in [4.69, 9.17) is 4.42 Å². The summed E-state index contributed by atoms with van der Waals surface area (Å²) in [5, 5.41) is 12.1. The molecule has 0 radical (unpaired) electrons. The van der Waals surface area contributed by atoms with E-state index in [9.17, 15) is 23.1 Å². The number of hydrogen-bond acceptors (Lipinski definition) is 3. The summed E-state index contributed by atoms with van der Waals surface area (Å²) in [5.41, 5.74) is -2.68. The van der Waals surface area contributed by atoms with Gasteiger partial charge in [-0.2, -0.15) is 13.2 Å². The maximum atomic E-state index is 12.6. The van der Waals surface area contributed by atoms with Crippen LogP contribution in [0.25, 0.3) is 0 Å². The van der Waals surface area contributed by atoms with Gasteiger partial charge >= 0.3 is 12.2 Å². The third-order valence-electron chi connectivity index (χ3n) is 3.63. The van der Waals surface area contributed by atoms with E-state index >= 15 is 0 Å². The van der Waals surface area contributed by atoms with Crippen LogP contribution in [0.2, 0.25) is 0 Å². The molecular formula is C13H17F3N2O3. The van der Waals surface area contributed by atoms with Crippen molar-refractivity contribution >= 4 is 6.03 Å². The third kappa shape index (κ3) is 3.69. The molecule has 2 N–H and O–H groups in total. The first-order chi connectivity index (χ1) is 9.82. The van der Waals surface area contributed by atoms with Crippen LogP contribution < -0.4 is 5.32 Å². The molecule has 0 unspecified atom stereocenters. The van der Waals surface area contributed by atoms with Gasteiger partial charge in [0.1, 0.15) is 5.76 Å². The van der Waals surface area contributed by atoms with E-state index in [-0.39, 0.29) is 13.1 Å². The quantitative estimate of drug-likeness (QED) is 0.896. The smallest absolute Gasteiger partial charge is 0.417 e. The number of nitrogens with zero attached hydrogens (tertiary/aromatic N) is 1. The van der Waals surface area contributed by atoms with Crippen molar-refractivity contribution in [1.82, 2.24) is 10.2 Å². The van der Waals surface area contributed by atoms with Gasteiger partial charge in [0.2, 0.25) is 0 Å². The molecule has 1 aromatic rings. The average molecular weight is 306 g/mol. The number of rotatable bonds is 3. The zero-order chi connectivity index (χ0) is 15.5. The monoisotopic (exact) mass is 306 g/mol. The van der Waals surface area contributed by atoms with E-state index in [1.807, 2.05) is 0 Å². The molecule has 1 aromatic heterocycles. The van der Waals surface area contributed by atoms with Crippen molar-refractivity contribution in [2.75, 3.05) is 19.6 Å². The Bertz CT molecular complexity index is 466. The Kier molecular flexibility index (Phi) is 4.46. The number of hydrogen-bond donors (Lipinski definition) is 2. The van der Waals surface area contributed by atoms with Gasteiger partial charge in [0, 0.05) is 38.9 Å². The summed E-state index contributed by atoms with van der Waals surface area (Å²) in [6.07, 6.45) is -3.61. The van der Waals surface area contributed by atoms with Crippen LogP contribution in [0.1, 0.15) is 18.6 Å². The lowest BCUT2D eigenvalue weighted by Gasteiger charge is -2.38. The van der Waals surface area contributed by atoms with Crippen LogP contribution in [0.3, 0.4) is 0 Å². The van der Waals surface area contributed by atoms with Crippen molar-refractivity contribution in [3.8, 4) is 0 Å². The van der Waals surface area contributed by atoms with Gasteiger partial charge < -0.3 is 19.7 Å². The standard InChI is InChI=1S/C13H17F3N2O3/c14-13(15,16)12(20)4-7-18(8-5-12)11(19)17-6-3-10-2-1-9-21-10/h1-2,9,20H,3-8H2,(H,17,19). The summed E-state index contributed by atoms with van der Waals surface area (Å²) in [4.78, 5) is 13.1. The number of piperidine rings is 1. The zero-order valence-electron chi connectivity index (χ0n) is 11.3. The third-order valence-corrected chi connectivity index (χ3v) is 3.63. The predicted octanol–water partition coefficient (Wildman–Crippen LogP) is 1.92. The molecule has 0 spiro atoms. The van der Waals surface area contributed by atoms with Crippen LogP contribution in [0.4, 0.5) is 18.0 Å². The van der Waals surface area contributed by atoms with E-state index in [2.05, 4.69) is 5.32 Å². The molecule has 1 saturated heterocycles. The molecule has 2 heterocycles. The summed E-state index contributed by atoms with van der Waals surface area (Å²) < 4.78 is 43.0. The Balaban J connectivity index is 1.75. The average Bonchev–Trinajstić information content (AvgIpc) is 2.91. The van der Waals surface area contributed by atoms with Crippen molar-refractivity contribution in [1.29, 1.82) is 0 Å². The molecule has 2 amide bonds. The first-order valence-electron chi connectivity index (χ1n) is 6.66. The van der Waals surface area contributed by atoms with Crippen molar-refractivity contribution in [2.24, 2.45) is 0 Å².